The number of benzene rings is 2. The molecule has 0 aromatic heterocycles. The van der Waals surface area contributed by atoms with Crippen LogP contribution in [-0.2, 0) is 11.3 Å². The van der Waals surface area contributed by atoms with Crippen LogP contribution in [0.4, 0.5) is 4.39 Å². The molecule has 7 nitrogen and oxygen atoms in total. The highest BCUT2D eigenvalue weighted by molar-refractivity contribution is 5.94. The maximum Gasteiger partial charge on any atom is 0.254 e. The Labute approximate surface area is 174 Å². The maximum atomic E-state index is 13.7. The smallest absolute Gasteiger partial charge is 0.254 e. The van der Waals surface area contributed by atoms with Crippen LogP contribution in [0.3, 0.4) is 0 Å². The second-order valence-electron chi connectivity index (χ2n) is 7.47. The van der Waals surface area contributed by atoms with Crippen molar-refractivity contribution in [1.82, 2.24) is 15.5 Å². The first kappa shape index (κ1) is 20.2. The summed E-state index contributed by atoms with van der Waals surface area (Å²) < 4.78 is 24.4. The van der Waals surface area contributed by atoms with Crippen molar-refractivity contribution in [2.24, 2.45) is 0 Å². The molecule has 30 heavy (non-hydrogen) atoms. The Balaban J connectivity index is 1.18. The molecule has 1 fully saturated rings. The van der Waals surface area contributed by atoms with Gasteiger partial charge in [-0.3, -0.25) is 14.5 Å². The summed E-state index contributed by atoms with van der Waals surface area (Å²) in [5, 5.41) is 5.81. The molecule has 0 unspecified atom stereocenters. The molecular weight excluding hydrogens is 389 g/mol. The molecule has 1 saturated heterocycles. The highest BCUT2D eigenvalue weighted by atomic mass is 19.1. The first-order valence-corrected chi connectivity index (χ1v) is 10.0. The summed E-state index contributed by atoms with van der Waals surface area (Å²) in [6, 6.07) is 11.5. The molecule has 4 rings (SSSR count). The van der Waals surface area contributed by atoms with E-state index in [9.17, 15) is 14.0 Å². The average molecular weight is 413 g/mol. The van der Waals surface area contributed by atoms with Crippen LogP contribution in [-0.4, -0.2) is 49.2 Å². The minimum atomic E-state index is -0.522. The highest BCUT2D eigenvalue weighted by Crippen LogP contribution is 2.32. The minimum absolute atomic E-state index is 0.0231. The number of likely N-dealkylation sites (tertiary alicyclic amines) is 1. The first-order valence-electron chi connectivity index (χ1n) is 10.0. The van der Waals surface area contributed by atoms with Gasteiger partial charge in [-0.2, -0.15) is 0 Å². The summed E-state index contributed by atoms with van der Waals surface area (Å²) in [4.78, 5) is 26.6. The van der Waals surface area contributed by atoms with E-state index in [0.717, 1.165) is 24.2 Å². The van der Waals surface area contributed by atoms with Crippen molar-refractivity contribution in [3.8, 4) is 11.5 Å². The number of carbonyl (C=O) groups excluding carboxylic acids is 2. The van der Waals surface area contributed by atoms with Gasteiger partial charge in [0, 0.05) is 25.7 Å². The molecular formula is C22H24FN3O4. The lowest BCUT2D eigenvalue weighted by Gasteiger charge is -2.31. The number of nitrogens with one attached hydrogen (secondary N) is 2. The third kappa shape index (κ3) is 4.88. The van der Waals surface area contributed by atoms with E-state index in [1.54, 1.807) is 12.1 Å². The topological polar surface area (TPSA) is 79.9 Å². The van der Waals surface area contributed by atoms with Gasteiger partial charge < -0.3 is 20.1 Å². The second kappa shape index (κ2) is 9.13. The van der Waals surface area contributed by atoms with Crippen LogP contribution in [0.15, 0.2) is 42.5 Å². The van der Waals surface area contributed by atoms with E-state index >= 15 is 0 Å². The van der Waals surface area contributed by atoms with Gasteiger partial charge in [-0.05, 0) is 42.7 Å². The molecule has 2 aromatic rings. The lowest BCUT2D eigenvalue weighted by atomic mass is 10.0. The molecule has 0 radical (unpaired) electrons. The highest BCUT2D eigenvalue weighted by Gasteiger charge is 2.23. The second-order valence-corrected chi connectivity index (χ2v) is 7.47. The Morgan fingerprint density at radius 3 is 2.63 bits per heavy atom. The standard InChI is InChI=1S/C22H24FN3O4/c23-18-4-2-1-3-17(18)22(28)25-16-7-9-26(10-8-16)13-21(27)24-12-15-5-6-19-20(11-15)30-14-29-19/h1-6,11,16H,7-10,12-14H2,(H,24,27)(H,25,28). The van der Waals surface area contributed by atoms with Crippen molar-refractivity contribution >= 4 is 11.8 Å². The summed E-state index contributed by atoms with van der Waals surface area (Å²) >= 11 is 0. The van der Waals surface area contributed by atoms with Crippen molar-refractivity contribution < 1.29 is 23.5 Å². The molecule has 2 N–H and O–H groups in total. The zero-order chi connectivity index (χ0) is 20.9. The number of nitrogens with zero attached hydrogens (tertiary/aromatic N) is 1. The monoisotopic (exact) mass is 413 g/mol. The van der Waals surface area contributed by atoms with Gasteiger partial charge in [0.25, 0.3) is 5.91 Å². The largest absolute Gasteiger partial charge is 0.454 e. The van der Waals surface area contributed by atoms with Gasteiger partial charge in [-0.15, -0.1) is 0 Å². The summed E-state index contributed by atoms with van der Waals surface area (Å²) in [6.45, 7) is 2.34. The number of halogens is 1. The molecule has 0 spiro atoms. The van der Waals surface area contributed by atoms with E-state index in [1.165, 1.54) is 12.1 Å². The van der Waals surface area contributed by atoms with E-state index in [1.807, 2.05) is 18.2 Å². The number of ether oxygens (including phenoxy) is 2. The van der Waals surface area contributed by atoms with Crippen molar-refractivity contribution in [1.29, 1.82) is 0 Å². The van der Waals surface area contributed by atoms with Crippen LogP contribution < -0.4 is 20.1 Å². The fraction of sp³-hybridized carbons (Fsp3) is 0.364. The Morgan fingerprint density at radius 1 is 1.07 bits per heavy atom. The first-order chi connectivity index (χ1) is 14.6. The van der Waals surface area contributed by atoms with E-state index in [2.05, 4.69) is 15.5 Å². The predicted molar refractivity (Wildman–Crippen MR) is 108 cm³/mol. The molecule has 8 heteroatoms. The molecule has 2 aliphatic heterocycles. The van der Waals surface area contributed by atoms with E-state index in [0.29, 0.717) is 31.9 Å². The Kier molecular flexibility index (Phi) is 6.13. The number of hydrogen-bond acceptors (Lipinski definition) is 5. The van der Waals surface area contributed by atoms with Crippen LogP contribution in [0.1, 0.15) is 28.8 Å². The zero-order valence-electron chi connectivity index (χ0n) is 16.5. The molecule has 0 aliphatic carbocycles. The van der Waals surface area contributed by atoms with E-state index in [4.69, 9.17) is 9.47 Å². The lowest BCUT2D eigenvalue weighted by Crippen LogP contribution is -2.47. The number of carbonyl (C=O) groups is 2. The van der Waals surface area contributed by atoms with Gasteiger partial charge in [-0.25, -0.2) is 4.39 Å². The van der Waals surface area contributed by atoms with Gasteiger partial charge in [0.15, 0.2) is 11.5 Å². The predicted octanol–water partition coefficient (Wildman–Crippen LogP) is 2.06. The number of piperidine rings is 1. The molecule has 2 aromatic carbocycles. The number of rotatable bonds is 6. The lowest BCUT2D eigenvalue weighted by molar-refractivity contribution is -0.122. The molecule has 0 saturated carbocycles. The van der Waals surface area contributed by atoms with Gasteiger partial charge in [0.2, 0.25) is 12.7 Å². The van der Waals surface area contributed by atoms with Crippen molar-refractivity contribution in [2.45, 2.75) is 25.4 Å². The molecule has 2 aliphatic rings. The van der Waals surface area contributed by atoms with Crippen LogP contribution in [0.2, 0.25) is 0 Å². The fourth-order valence-corrected chi connectivity index (χ4v) is 3.65. The molecule has 2 amide bonds. The van der Waals surface area contributed by atoms with E-state index < -0.39 is 11.7 Å². The SMILES string of the molecule is O=C(CN1CCC(NC(=O)c2ccccc2F)CC1)NCc1ccc2c(c1)OCO2. The normalized spacial score (nSPS) is 16.3. The summed E-state index contributed by atoms with van der Waals surface area (Å²) in [5.74, 6) is 0.442. The van der Waals surface area contributed by atoms with Gasteiger partial charge in [0.05, 0.1) is 12.1 Å². The Morgan fingerprint density at radius 2 is 1.83 bits per heavy atom. The molecule has 158 valence electrons. The van der Waals surface area contributed by atoms with Gasteiger partial charge in [-0.1, -0.05) is 18.2 Å². The van der Waals surface area contributed by atoms with Gasteiger partial charge >= 0.3 is 0 Å². The van der Waals surface area contributed by atoms with E-state index in [-0.39, 0.29) is 24.3 Å². The zero-order valence-corrected chi connectivity index (χ0v) is 16.5. The number of amides is 2. The van der Waals surface area contributed by atoms with Crippen LogP contribution in [0.25, 0.3) is 0 Å². The minimum Gasteiger partial charge on any atom is -0.454 e. The molecule has 2 heterocycles. The van der Waals surface area contributed by atoms with Crippen molar-refractivity contribution in [3.05, 3.63) is 59.4 Å². The fourth-order valence-electron chi connectivity index (χ4n) is 3.65. The molecule has 0 bridgehead atoms. The summed E-state index contributed by atoms with van der Waals surface area (Å²) in [5.41, 5.74) is 1.00. The number of fused-ring (bicyclic) bond motifs is 1. The Hall–Kier alpha value is -3.13. The van der Waals surface area contributed by atoms with Crippen LogP contribution in [0.5, 0.6) is 11.5 Å². The average Bonchev–Trinajstić information content (AvgIpc) is 3.22. The quantitative estimate of drug-likeness (QED) is 0.758. The van der Waals surface area contributed by atoms with Crippen LogP contribution in [0, 0.1) is 5.82 Å². The van der Waals surface area contributed by atoms with Crippen molar-refractivity contribution in [3.63, 3.8) is 0 Å². The van der Waals surface area contributed by atoms with Crippen molar-refractivity contribution in [2.75, 3.05) is 26.4 Å². The summed E-state index contributed by atoms with van der Waals surface area (Å²) in [6.07, 6.45) is 1.44. The summed E-state index contributed by atoms with van der Waals surface area (Å²) in [7, 11) is 0. The maximum absolute atomic E-state index is 13.7. The number of hydrogen-bond donors (Lipinski definition) is 2. The van der Waals surface area contributed by atoms with Gasteiger partial charge in [0.1, 0.15) is 5.82 Å². The molecule has 0 atom stereocenters. The Bertz CT molecular complexity index is 928. The third-order valence-corrected chi connectivity index (χ3v) is 5.34. The van der Waals surface area contributed by atoms with Crippen LogP contribution >= 0.6 is 0 Å². The third-order valence-electron chi connectivity index (χ3n) is 5.34.